The Hall–Kier alpha value is -2.41. The largest absolute Gasteiger partial charge is 0.356 e. The number of piperidine rings is 1. The number of nitrogens with zero attached hydrogens (tertiary/aromatic N) is 4. The highest BCUT2D eigenvalue weighted by molar-refractivity contribution is 5.79. The number of imidazole rings is 1. The molecule has 0 aliphatic carbocycles. The Morgan fingerprint density at radius 3 is 2.86 bits per heavy atom. The quantitative estimate of drug-likeness (QED) is 0.426. The molecule has 3 rings (SSSR count). The van der Waals surface area contributed by atoms with Crippen molar-refractivity contribution in [1.82, 2.24) is 25.1 Å². The number of halogens is 1. The normalized spacial score (nSPS) is 18.1. The van der Waals surface area contributed by atoms with Gasteiger partial charge in [-0.05, 0) is 57.4 Å². The van der Waals surface area contributed by atoms with Gasteiger partial charge in [0.2, 0.25) is 0 Å². The third kappa shape index (κ3) is 5.79. The van der Waals surface area contributed by atoms with E-state index in [9.17, 15) is 4.39 Å². The standard InChI is InChI=1S/C22H33FN6/c1-17-7-4-5-12-28(17)13-6-10-26-22(24-3)27-16-19-8-9-21(20(23)15-19)29-14-11-25-18(29)2/h8-9,11,14-15,17H,4-7,10,12-13,16H2,1-3H3,(H2,24,26,27). The van der Waals surface area contributed by atoms with Crippen molar-refractivity contribution in [2.75, 3.05) is 26.7 Å². The number of hydrogen-bond donors (Lipinski definition) is 2. The lowest BCUT2D eigenvalue weighted by molar-refractivity contribution is 0.159. The maximum Gasteiger partial charge on any atom is 0.191 e. The van der Waals surface area contributed by atoms with E-state index in [0.29, 0.717) is 18.3 Å². The molecule has 1 fully saturated rings. The molecule has 2 heterocycles. The van der Waals surface area contributed by atoms with E-state index in [1.165, 1.54) is 25.8 Å². The van der Waals surface area contributed by atoms with Gasteiger partial charge in [0.25, 0.3) is 0 Å². The summed E-state index contributed by atoms with van der Waals surface area (Å²) in [6.45, 7) is 7.90. The molecule has 0 amide bonds. The van der Waals surface area contributed by atoms with Gasteiger partial charge in [0.05, 0.1) is 5.69 Å². The van der Waals surface area contributed by atoms with Crippen molar-refractivity contribution in [3.63, 3.8) is 0 Å². The van der Waals surface area contributed by atoms with Gasteiger partial charge in [-0.15, -0.1) is 0 Å². The van der Waals surface area contributed by atoms with Crippen molar-refractivity contribution in [1.29, 1.82) is 0 Å². The summed E-state index contributed by atoms with van der Waals surface area (Å²) in [5, 5.41) is 6.62. The third-order valence-corrected chi connectivity index (χ3v) is 5.64. The number of hydrogen-bond acceptors (Lipinski definition) is 3. The summed E-state index contributed by atoms with van der Waals surface area (Å²) in [5.74, 6) is 1.24. The lowest BCUT2D eigenvalue weighted by Gasteiger charge is -2.33. The van der Waals surface area contributed by atoms with Gasteiger partial charge in [-0.2, -0.15) is 0 Å². The maximum atomic E-state index is 14.5. The summed E-state index contributed by atoms with van der Waals surface area (Å²) in [5.41, 5.74) is 1.38. The third-order valence-electron chi connectivity index (χ3n) is 5.64. The van der Waals surface area contributed by atoms with E-state index in [-0.39, 0.29) is 5.82 Å². The summed E-state index contributed by atoms with van der Waals surface area (Å²) >= 11 is 0. The van der Waals surface area contributed by atoms with Crippen molar-refractivity contribution < 1.29 is 4.39 Å². The molecule has 7 heteroatoms. The number of aromatic nitrogens is 2. The van der Waals surface area contributed by atoms with E-state index in [1.807, 2.05) is 13.0 Å². The predicted octanol–water partition coefficient (Wildman–Crippen LogP) is 3.25. The molecule has 0 spiro atoms. The highest BCUT2D eigenvalue weighted by atomic mass is 19.1. The first kappa shape index (κ1) is 21.3. The molecule has 1 atom stereocenters. The van der Waals surface area contributed by atoms with Crippen LogP contribution in [0.1, 0.15) is 44.0 Å². The fourth-order valence-corrected chi connectivity index (χ4v) is 3.87. The Bertz CT molecular complexity index is 815. The number of benzene rings is 1. The second-order valence-corrected chi connectivity index (χ2v) is 7.72. The summed E-state index contributed by atoms with van der Waals surface area (Å²) in [6.07, 6.45) is 8.51. The van der Waals surface area contributed by atoms with Crippen LogP contribution in [0.15, 0.2) is 35.6 Å². The Morgan fingerprint density at radius 1 is 1.31 bits per heavy atom. The van der Waals surface area contributed by atoms with Crippen molar-refractivity contribution in [2.24, 2.45) is 4.99 Å². The fourth-order valence-electron chi connectivity index (χ4n) is 3.87. The van der Waals surface area contributed by atoms with Crippen LogP contribution in [0.3, 0.4) is 0 Å². The lowest BCUT2D eigenvalue weighted by atomic mass is 10.0. The smallest absolute Gasteiger partial charge is 0.191 e. The Labute approximate surface area is 173 Å². The number of nitrogens with one attached hydrogen (secondary N) is 2. The van der Waals surface area contributed by atoms with Gasteiger partial charge in [-0.1, -0.05) is 12.5 Å². The van der Waals surface area contributed by atoms with Crippen molar-refractivity contribution in [2.45, 2.75) is 52.1 Å². The van der Waals surface area contributed by atoms with Crippen LogP contribution in [0.25, 0.3) is 5.69 Å². The van der Waals surface area contributed by atoms with E-state index in [4.69, 9.17) is 0 Å². The van der Waals surface area contributed by atoms with Gasteiger partial charge in [0.15, 0.2) is 5.96 Å². The summed E-state index contributed by atoms with van der Waals surface area (Å²) in [7, 11) is 1.76. The molecule has 2 aromatic rings. The second kappa shape index (κ2) is 10.4. The average Bonchev–Trinajstić information content (AvgIpc) is 3.14. The van der Waals surface area contributed by atoms with Gasteiger partial charge in [0.1, 0.15) is 11.6 Å². The molecule has 1 aliphatic rings. The Balaban J connectivity index is 1.44. The van der Waals surface area contributed by atoms with Gasteiger partial charge >= 0.3 is 0 Å². The predicted molar refractivity (Wildman–Crippen MR) is 116 cm³/mol. The number of guanidine groups is 1. The molecule has 2 N–H and O–H groups in total. The number of rotatable bonds is 7. The van der Waals surface area contributed by atoms with Crippen LogP contribution < -0.4 is 10.6 Å². The molecule has 6 nitrogen and oxygen atoms in total. The molecule has 0 bridgehead atoms. The van der Waals surface area contributed by atoms with Crippen LogP contribution in [0.2, 0.25) is 0 Å². The number of aliphatic imine (C=N–C) groups is 1. The average molecular weight is 401 g/mol. The summed E-state index contributed by atoms with van der Waals surface area (Å²) < 4.78 is 16.3. The minimum absolute atomic E-state index is 0.260. The molecule has 1 aliphatic heterocycles. The van der Waals surface area contributed by atoms with Gasteiger partial charge in [0, 0.05) is 45.1 Å². The Kier molecular flexibility index (Phi) is 7.63. The molecular formula is C22H33FN6. The first-order valence-corrected chi connectivity index (χ1v) is 10.6. The van der Waals surface area contributed by atoms with E-state index in [1.54, 1.807) is 36.1 Å². The first-order chi connectivity index (χ1) is 14.1. The maximum absolute atomic E-state index is 14.5. The highest BCUT2D eigenvalue weighted by Gasteiger charge is 2.17. The monoisotopic (exact) mass is 400 g/mol. The van der Waals surface area contributed by atoms with Crippen molar-refractivity contribution in [3.8, 4) is 5.69 Å². The topological polar surface area (TPSA) is 57.5 Å². The highest BCUT2D eigenvalue weighted by Crippen LogP contribution is 2.17. The van der Waals surface area contributed by atoms with E-state index < -0.39 is 0 Å². The zero-order valence-corrected chi connectivity index (χ0v) is 17.8. The first-order valence-electron chi connectivity index (χ1n) is 10.6. The van der Waals surface area contributed by atoms with E-state index in [2.05, 4.69) is 32.4 Å². The SMILES string of the molecule is CN=C(NCCCN1CCCCC1C)NCc1ccc(-n2ccnc2C)c(F)c1. The number of aryl methyl sites for hydroxylation is 1. The summed E-state index contributed by atoms with van der Waals surface area (Å²) in [6, 6.07) is 5.98. The van der Waals surface area contributed by atoms with E-state index >= 15 is 0 Å². The van der Waals surface area contributed by atoms with Crippen molar-refractivity contribution in [3.05, 3.63) is 47.8 Å². The van der Waals surface area contributed by atoms with Crippen LogP contribution in [-0.4, -0.2) is 53.1 Å². The zero-order chi connectivity index (χ0) is 20.6. The number of likely N-dealkylation sites (tertiary alicyclic amines) is 1. The molecule has 0 radical (unpaired) electrons. The van der Waals surface area contributed by atoms with Gasteiger partial charge in [-0.3, -0.25) is 4.99 Å². The van der Waals surface area contributed by atoms with Crippen LogP contribution in [0.4, 0.5) is 4.39 Å². The lowest BCUT2D eigenvalue weighted by Crippen LogP contribution is -2.41. The second-order valence-electron chi connectivity index (χ2n) is 7.72. The zero-order valence-electron chi connectivity index (χ0n) is 17.8. The van der Waals surface area contributed by atoms with Crippen LogP contribution in [0.5, 0.6) is 0 Å². The summed E-state index contributed by atoms with van der Waals surface area (Å²) in [4.78, 5) is 11.0. The van der Waals surface area contributed by atoms with Gasteiger partial charge < -0.3 is 20.1 Å². The Morgan fingerprint density at radius 2 is 2.17 bits per heavy atom. The fraction of sp³-hybridized carbons (Fsp3) is 0.545. The molecule has 29 heavy (non-hydrogen) atoms. The molecular weight excluding hydrogens is 367 g/mol. The minimum atomic E-state index is -0.260. The molecule has 1 aromatic carbocycles. The van der Waals surface area contributed by atoms with Crippen molar-refractivity contribution >= 4 is 5.96 Å². The molecule has 158 valence electrons. The van der Waals surface area contributed by atoms with Gasteiger partial charge in [-0.25, -0.2) is 9.37 Å². The molecule has 1 saturated heterocycles. The van der Waals surface area contributed by atoms with Crippen LogP contribution >= 0.6 is 0 Å². The molecule has 1 unspecified atom stereocenters. The molecule has 0 saturated carbocycles. The minimum Gasteiger partial charge on any atom is -0.356 e. The van der Waals surface area contributed by atoms with E-state index in [0.717, 1.165) is 36.9 Å². The van der Waals surface area contributed by atoms with Crippen LogP contribution in [0, 0.1) is 12.7 Å². The van der Waals surface area contributed by atoms with Crippen LogP contribution in [-0.2, 0) is 6.54 Å². The molecule has 1 aromatic heterocycles.